The summed E-state index contributed by atoms with van der Waals surface area (Å²) >= 11 is 0. The van der Waals surface area contributed by atoms with Gasteiger partial charge in [0.15, 0.2) is 0 Å². The zero-order valence-electron chi connectivity index (χ0n) is 12.1. The Morgan fingerprint density at radius 1 is 1.12 bits per heavy atom. The summed E-state index contributed by atoms with van der Waals surface area (Å²) < 4.78 is 6.40. The molecule has 1 aliphatic rings. The van der Waals surface area contributed by atoms with Gasteiger partial charge < -0.3 is 10.1 Å². The van der Waals surface area contributed by atoms with Gasteiger partial charge in [-0.1, -0.05) is 39.5 Å². The minimum atomic E-state index is 0.141. The standard InChI is InChI=1S/C15H31NO/c1-4-9-14(3)17-15(13-16-12-5-2)10-7-6-8-11-15/h14,16H,4-13H2,1-3H3. The van der Waals surface area contributed by atoms with Crippen molar-refractivity contribution in [2.45, 2.75) is 83.8 Å². The van der Waals surface area contributed by atoms with Crippen LogP contribution in [0.25, 0.3) is 0 Å². The normalized spacial score (nSPS) is 21.4. The van der Waals surface area contributed by atoms with E-state index in [1.54, 1.807) is 0 Å². The molecule has 1 atom stereocenters. The lowest BCUT2D eigenvalue weighted by Gasteiger charge is -2.39. The molecule has 1 aliphatic carbocycles. The van der Waals surface area contributed by atoms with E-state index in [0.717, 1.165) is 13.1 Å². The van der Waals surface area contributed by atoms with Gasteiger partial charge >= 0.3 is 0 Å². The summed E-state index contributed by atoms with van der Waals surface area (Å²) in [5.41, 5.74) is 0.141. The van der Waals surface area contributed by atoms with Gasteiger partial charge in [0, 0.05) is 6.54 Å². The summed E-state index contributed by atoms with van der Waals surface area (Å²) in [4.78, 5) is 0. The molecule has 1 saturated carbocycles. The second-order valence-electron chi connectivity index (χ2n) is 5.64. The summed E-state index contributed by atoms with van der Waals surface area (Å²) in [6, 6.07) is 0. The molecule has 1 fully saturated rings. The number of hydrogen-bond donors (Lipinski definition) is 1. The smallest absolute Gasteiger partial charge is 0.0809 e. The first-order valence-electron chi connectivity index (χ1n) is 7.61. The van der Waals surface area contributed by atoms with E-state index in [4.69, 9.17) is 4.74 Å². The van der Waals surface area contributed by atoms with Crippen molar-refractivity contribution in [2.24, 2.45) is 0 Å². The van der Waals surface area contributed by atoms with Crippen LogP contribution in [0.5, 0.6) is 0 Å². The molecule has 0 amide bonds. The first kappa shape index (κ1) is 15.0. The van der Waals surface area contributed by atoms with E-state index in [0.29, 0.717) is 6.10 Å². The molecule has 0 saturated heterocycles. The molecule has 0 heterocycles. The van der Waals surface area contributed by atoms with Crippen molar-refractivity contribution in [3.8, 4) is 0 Å². The molecule has 1 N–H and O–H groups in total. The fraction of sp³-hybridized carbons (Fsp3) is 1.00. The van der Waals surface area contributed by atoms with Crippen LogP contribution in [-0.2, 0) is 4.74 Å². The molecule has 1 rings (SSSR count). The summed E-state index contributed by atoms with van der Waals surface area (Å²) in [7, 11) is 0. The largest absolute Gasteiger partial charge is 0.371 e. The Bertz CT molecular complexity index is 187. The van der Waals surface area contributed by atoms with E-state index < -0.39 is 0 Å². The first-order valence-corrected chi connectivity index (χ1v) is 7.61. The van der Waals surface area contributed by atoms with Gasteiger partial charge in [-0.2, -0.15) is 0 Å². The van der Waals surface area contributed by atoms with Crippen molar-refractivity contribution in [3.63, 3.8) is 0 Å². The number of nitrogens with one attached hydrogen (secondary N) is 1. The molecule has 0 aliphatic heterocycles. The van der Waals surface area contributed by atoms with Crippen molar-refractivity contribution >= 4 is 0 Å². The van der Waals surface area contributed by atoms with Crippen molar-refractivity contribution in [1.29, 1.82) is 0 Å². The average Bonchev–Trinajstić information content (AvgIpc) is 2.30. The summed E-state index contributed by atoms with van der Waals surface area (Å²) in [5, 5.41) is 3.57. The number of ether oxygens (including phenoxy) is 1. The predicted octanol–water partition coefficient (Wildman–Crippen LogP) is 3.89. The van der Waals surface area contributed by atoms with Gasteiger partial charge in [-0.05, 0) is 39.2 Å². The van der Waals surface area contributed by atoms with Gasteiger partial charge in [0.2, 0.25) is 0 Å². The molecule has 0 aromatic carbocycles. The molecule has 1 unspecified atom stereocenters. The van der Waals surface area contributed by atoms with E-state index in [2.05, 4.69) is 26.1 Å². The van der Waals surface area contributed by atoms with Crippen molar-refractivity contribution in [3.05, 3.63) is 0 Å². The fourth-order valence-corrected chi connectivity index (χ4v) is 2.92. The minimum Gasteiger partial charge on any atom is -0.371 e. The third kappa shape index (κ3) is 5.39. The second-order valence-corrected chi connectivity index (χ2v) is 5.64. The van der Waals surface area contributed by atoms with Gasteiger partial charge in [-0.3, -0.25) is 0 Å². The van der Waals surface area contributed by atoms with Crippen LogP contribution in [0.3, 0.4) is 0 Å². The molecule has 2 heteroatoms. The third-order valence-corrected chi connectivity index (χ3v) is 3.79. The quantitative estimate of drug-likeness (QED) is 0.651. The Morgan fingerprint density at radius 2 is 1.82 bits per heavy atom. The lowest BCUT2D eigenvalue weighted by atomic mass is 9.84. The summed E-state index contributed by atoms with van der Waals surface area (Å²) in [5.74, 6) is 0. The maximum Gasteiger partial charge on any atom is 0.0809 e. The van der Waals surface area contributed by atoms with Crippen LogP contribution in [0.4, 0.5) is 0 Å². The van der Waals surface area contributed by atoms with Crippen LogP contribution in [-0.4, -0.2) is 24.8 Å². The zero-order chi connectivity index (χ0) is 12.6. The predicted molar refractivity (Wildman–Crippen MR) is 74.4 cm³/mol. The first-order chi connectivity index (χ1) is 8.22. The lowest BCUT2D eigenvalue weighted by molar-refractivity contribution is -0.108. The Balaban J connectivity index is 2.45. The van der Waals surface area contributed by atoms with E-state index >= 15 is 0 Å². The van der Waals surface area contributed by atoms with Gasteiger partial charge in [-0.15, -0.1) is 0 Å². The molecule has 17 heavy (non-hydrogen) atoms. The van der Waals surface area contributed by atoms with Crippen LogP contribution in [0, 0.1) is 0 Å². The second kappa shape index (κ2) is 8.10. The van der Waals surface area contributed by atoms with E-state index in [1.807, 2.05) is 0 Å². The summed E-state index contributed by atoms with van der Waals surface area (Å²) in [6.07, 6.45) is 10.6. The topological polar surface area (TPSA) is 21.3 Å². The Hall–Kier alpha value is -0.0800. The van der Waals surface area contributed by atoms with Gasteiger partial charge in [0.25, 0.3) is 0 Å². The van der Waals surface area contributed by atoms with Gasteiger partial charge in [0.1, 0.15) is 0 Å². The zero-order valence-corrected chi connectivity index (χ0v) is 12.1. The van der Waals surface area contributed by atoms with Crippen LogP contribution in [0.2, 0.25) is 0 Å². The SMILES string of the molecule is CCCNCC1(OC(C)CCC)CCCCC1. The monoisotopic (exact) mass is 241 g/mol. The average molecular weight is 241 g/mol. The third-order valence-electron chi connectivity index (χ3n) is 3.79. The van der Waals surface area contributed by atoms with Crippen LogP contribution in [0.15, 0.2) is 0 Å². The van der Waals surface area contributed by atoms with Gasteiger partial charge in [0.05, 0.1) is 11.7 Å². The lowest BCUT2D eigenvalue weighted by Crippen LogP contribution is -2.46. The molecule has 102 valence electrons. The highest BCUT2D eigenvalue weighted by atomic mass is 16.5. The highest BCUT2D eigenvalue weighted by molar-refractivity contribution is 4.87. The Morgan fingerprint density at radius 3 is 2.41 bits per heavy atom. The molecule has 0 spiro atoms. The number of hydrogen-bond acceptors (Lipinski definition) is 2. The molecule has 0 aromatic rings. The Labute approximate surface area is 108 Å². The van der Waals surface area contributed by atoms with Crippen LogP contribution in [0.1, 0.15) is 72.1 Å². The van der Waals surface area contributed by atoms with E-state index in [9.17, 15) is 0 Å². The molecule has 0 aromatic heterocycles. The molecule has 2 nitrogen and oxygen atoms in total. The minimum absolute atomic E-state index is 0.141. The highest BCUT2D eigenvalue weighted by Crippen LogP contribution is 2.32. The van der Waals surface area contributed by atoms with Crippen LogP contribution >= 0.6 is 0 Å². The maximum absolute atomic E-state index is 6.40. The van der Waals surface area contributed by atoms with Crippen molar-refractivity contribution in [2.75, 3.05) is 13.1 Å². The molecular weight excluding hydrogens is 210 g/mol. The fourth-order valence-electron chi connectivity index (χ4n) is 2.92. The van der Waals surface area contributed by atoms with Crippen molar-refractivity contribution in [1.82, 2.24) is 5.32 Å². The van der Waals surface area contributed by atoms with E-state index in [1.165, 1.54) is 51.4 Å². The van der Waals surface area contributed by atoms with Crippen molar-refractivity contribution < 1.29 is 4.74 Å². The maximum atomic E-state index is 6.40. The Kier molecular flexibility index (Phi) is 7.14. The molecule has 0 bridgehead atoms. The summed E-state index contributed by atoms with van der Waals surface area (Å²) in [6.45, 7) is 8.87. The molecule has 0 radical (unpaired) electrons. The number of rotatable bonds is 8. The van der Waals surface area contributed by atoms with E-state index in [-0.39, 0.29) is 5.60 Å². The van der Waals surface area contributed by atoms with Gasteiger partial charge in [-0.25, -0.2) is 0 Å². The highest BCUT2D eigenvalue weighted by Gasteiger charge is 2.33. The molecular formula is C15H31NO. The van der Waals surface area contributed by atoms with Crippen LogP contribution < -0.4 is 5.32 Å².